The van der Waals surface area contributed by atoms with Crippen LogP contribution in [0.2, 0.25) is 0 Å². The van der Waals surface area contributed by atoms with Gasteiger partial charge >= 0.3 is 6.03 Å². The van der Waals surface area contributed by atoms with E-state index in [0.29, 0.717) is 36.0 Å². The Hall–Kier alpha value is -3.20. The van der Waals surface area contributed by atoms with Gasteiger partial charge < -0.3 is 29.3 Å². The Morgan fingerprint density at radius 1 is 1.03 bits per heavy atom. The van der Waals surface area contributed by atoms with E-state index >= 15 is 0 Å². The molecule has 0 unspecified atom stereocenters. The summed E-state index contributed by atoms with van der Waals surface area (Å²) in [6.45, 7) is 4.87. The summed E-state index contributed by atoms with van der Waals surface area (Å²) in [7, 11) is 4.65. The van der Waals surface area contributed by atoms with Crippen LogP contribution in [0.25, 0.3) is 10.2 Å². The fourth-order valence-electron chi connectivity index (χ4n) is 3.77. The van der Waals surface area contributed by atoms with Gasteiger partial charge in [-0.2, -0.15) is 0 Å². The minimum atomic E-state index is -0.157. The molecule has 0 radical (unpaired) electrons. The molecule has 32 heavy (non-hydrogen) atoms. The van der Waals surface area contributed by atoms with Gasteiger partial charge in [-0.25, -0.2) is 9.78 Å². The number of urea groups is 1. The molecule has 0 bridgehead atoms. The number of carbonyl (C=O) groups excluding carboxylic acids is 1. The summed E-state index contributed by atoms with van der Waals surface area (Å²) in [6, 6.07) is 9.74. The summed E-state index contributed by atoms with van der Waals surface area (Å²) in [5, 5.41) is 3.95. The molecule has 0 saturated carbocycles. The van der Waals surface area contributed by atoms with Crippen molar-refractivity contribution in [1.29, 1.82) is 0 Å². The van der Waals surface area contributed by atoms with Gasteiger partial charge in [0.2, 0.25) is 5.75 Å². The van der Waals surface area contributed by atoms with Crippen molar-refractivity contribution in [2.75, 3.05) is 57.7 Å². The van der Waals surface area contributed by atoms with Gasteiger partial charge in [0.15, 0.2) is 16.6 Å². The van der Waals surface area contributed by atoms with Crippen LogP contribution in [-0.2, 0) is 6.42 Å². The molecule has 1 fully saturated rings. The van der Waals surface area contributed by atoms with Gasteiger partial charge in [-0.05, 0) is 24.1 Å². The lowest BCUT2D eigenvalue weighted by Gasteiger charge is -2.34. The molecule has 1 saturated heterocycles. The molecule has 4 rings (SSSR count). The smallest absolute Gasteiger partial charge is 0.321 e. The molecule has 0 aliphatic carbocycles. The number of hydrogen-bond donors (Lipinski definition) is 1. The molecule has 9 heteroatoms. The zero-order valence-corrected chi connectivity index (χ0v) is 19.6. The zero-order chi connectivity index (χ0) is 22.7. The average molecular weight is 457 g/mol. The number of nitrogens with one attached hydrogen (secondary N) is 1. The Balaban J connectivity index is 1.41. The number of rotatable bonds is 6. The van der Waals surface area contributed by atoms with Crippen molar-refractivity contribution in [3.05, 3.63) is 35.9 Å². The van der Waals surface area contributed by atoms with Crippen LogP contribution < -0.4 is 24.4 Å². The molecule has 1 aliphatic heterocycles. The predicted molar refractivity (Wildman–Crippen MR) is 128 cm³/mol. The normalized spacial score (nSPS) is 13.9. The van der Waals surface area contributed by atoms with Gasteiger partial charge in [0, 0.05) is 38.3 Å². The van der Waals surface area contributed by atoms with Gasteiger partial charge in [0.1, 0.15) is 0 Å². The number of aryl methyl sites for hydroxylation is 1. The summed E-state index contributed by atoms with van der Waals surface area (Å²) in [4.78, 5) is 21.7. The molecular formula is C23H28N4O4S. The molecule has 2 amide bonds. The van der Waals surface area contributed by atoms with E-state index < -0.39 is 0 Å². The number of fused-ring (bicyclic) bond motifs is 1. The Morgan fingerprint density at radius 3 is 2.31 bits per heavy atom. The predicted octanol–water partition coefficient (Wildman–Crippen LogP) is 4.24. The van der Waals surface area contributed by atoms with E-state index in [0.717, 1.165) is 30.2 Å². The maximum absolute atomic E-state index is 12.8. The van der Waals surface area contributed by atoms with Crippen LogP contribution in [0.1, 0.15) is 12.5 Å². The van der Waals surface area contributed by atoms with Crippen molar-refractivity contribution in [2.45, 2.75) is 13.3 Å². The maximum Gasteiger partial charge on any atom is 0.321 e. The fraction of sp³-hybridized carbons (Fsp3) is 0.391. The Labute approximate surface area is 191 Å². The van der Waals surface area contributed by atoms with Gasteiger partial charge in [-0.1, -0.05) is 24.3 Å². The van der Waals surface area contributed by atoms with Gasteiger partial charge in [0.25, 0.3) is 0 Å². The number of nitrogens with zero attached hydrogens (tertiary/aromatic N) is 3. The third-order valence-electron chi connectivity index (χ3n) is 5.60. The second kappa shape index (κ2) is 9.52. The lowest BCUT2D eigenvalue weighted by molar-refractivity contribution is 0.208. The number of carbonyl (C=O) groups is 1. The number of benzene rings is 2. The Bertz CT molecular complexity index is 1080. The van der Waals surface area contributed by atoms with Crippen LogP contribution in [-0.4, -0.2) is 63.4 Å². The number of amides is 2. The first-order valence-electron chi connectivity index (χ1n) is 10.6. The molecule has 0 atom stereocenters. The van der Waals surface area contributed by atoms with Crippen molar-refractivity contribution < 1.29 is 19.0 Å². The highest BCUT2D eigenvalue weighted by molar-refractivity contribution is 7.22. The highest BCUT2D eigenvalue weighted by atomic mass is 32.1. The maximum atomic E-state index is 12.8. The quantitative estimate of drug-likeness (QED) is 0.598. The first kappa shape index (κ1) is 22.0. The SMILES string of the molecule is CCc1ccc2nc(N3CCN(C(=O)Nc4cc(OC)c(OC)c(OC)c4)CC3)sc2c1. The van der Waals surface area contributed by atoms with Crippen LogP contribution in [0.4, 0.5) is 15.6 Å². The highest BCUT2D eigenvalue weighted by Crippen LogP contribution is 2.40. The van der Waals surface area contributed by atoms with E-state index in [-0.39, 0.29) is 6.03 Å². The van der Waals surface area contributed by atoms with Crippen molar-refractivity contribution in [1.82, 2.24) is 9.88 Å². The summed E-state index contributed by atoms with van der Waals surface area (Å²) >= 11 is 1.71. The Morgan fingerprint density at radius 2 is 1.72 bits per heavy atom. The van der Waals surface area contributed by atoms with E-state index in [1.165, 1.54) is 10.3 Å². The molecule has 1 N–H and O–H groups in total. The van der Waals surface area contributed by atoms with E-state index in [9.17, 15) is 4.79 Å². The lowest BCUT2D eigenvalue weighted by Crippen LogP contribution is -2.50. The third-order valence-corrected chi connectivity index (χ3v) is 6.68. The average Bonchev–Trinajstić information content (AvgIpc) is 3.26. The van der Waals surface area contributed by atoms with Gasteiger partial charge in [-0.15, -0.1) is 0 Å². The first-order chi connectivity index (χ1) is 15.6. The second-order valence-corrected chi connectivity index (χ2v) is 8.48. The minimum absolute atomic E-state index is 0.157. The number of hydrogen-bond acceptors (Lipinski definition) is 7. The number of aromatic nitrogens is 1. The van der Waals surface area contributed by atoms with Gasteiger partial charge in [0.05, 0.1) is 37.2 Å². The van der Waals surface area contributed by atoms with Crippen molar-refractivity contribution >= 4 is 38.4 Å². The Kier molecular flexibility index (Phi) is 6.55. The van der Waals surface area contributed by atoms with Gasteiger partial charge in [-0.3, -0.25) is 0 Å². The molecule has 2 aromatic carbocycles. The number of piperazine rings is 1. The summed E-state index contributed by atoms with van der Waals surface area (Å²) < 4.78 is 17.3. The van der Waals surface area contributed by atoms with Crippen molar-refractivity contribution in [3.63, 3.8) is 0 Å². The first-order valence-corrected chi connectivity index (χ1v) is 11.4. The minimum Gasteiger partial charge on any atom is -0.493 e. The topological polar surface area (TPSA) is 76.2 Å². The fourth-order valence-corrected chi connectivity index (χ4v) is 4.85. The van der Waals surface area contributed by atoms with E-state index in [4.69, 9.17) is 19.2 Å². The molecule has 8 nitrogen and oxygen atoms in total. The molecule has 1 aromatic heterocycles. The molecule has 170 valence electrons. The van der Waals surface area contributed by atoms with E-state index in [2.05, 4.69) is 35.3 Å². The lowest BCUT2D eigenvalue weighted by atomic mass is 10.2. The standard InChI is InChI=1S/C23H28N4O4S/c1-5-15-6-7-17-20(12-15)32-23(25-17)27-10-8-26(9-11-27)22(28)24-16-13-18(29-2)21(31-4)19(14-16)30-3/h6-7,12-14H,5,8-11H2,1-4H3,(H,24,28). The molecular weight excluding hydrogens is 428 g/mol. The summed E-state index contributed by atoms with van der Waals surface area (Å²) in [5.41, 5.74) is 2.94. The number of thiazole rings is 1. The molecule has 1 aliphatic rings. The van der Waals surface area contributed by atoms with Crippen molar-refractivity contribution in [3.8, 4) is 17.2 Å². The molecule has 3 aromatic rings. The van der Waals surface area contributed by atoms with Crippen LogP contribution in [0.15, 0.2) is 30.3 Å². The second-order valence-electron chi connectivity index (χ2n) is 7.47. The number of anilines is 2. The highest BCUT2D eigenvalue weighted by Gasteiger charge is 2.24. The number of methoxy groups -OCH3 is 3. The van der Waals surface area contributed by atoms with Crippen LogP contribution >= 0.6 is 11.3 Å². The molecule has 2 heterocycles. The van der Waals surface area contributed by atoms with Crippen LogP contribution in [0, 0.1) is 0 Å². The van der Waals surface area contributed by atoms with E-state index in [1.807, 2.05) is 4.90 Å². The monoisotopic (exact) mass is 456 g/mol. The van der Waals surface area contributed by atoms with E-state index in [1.54, 1.807) is 44.8 Å². The summed E-state index contributed by atoms with van der Waals surface area (Å²) in [6.07, 6.45) is 1.02. The summed E-state index contributed by atoms with van der Waals surface area (Å²) in [5.74, 6) is 1.48. The zero-order valence-electron chi connectivity index (χ0n) is 18.8. The van der Waals surface area contributed by atoms with Crippen LogP contribution in [0.3, 0.4) is 0 Å². The molecule has 0 spiro atoms. The largest absolute Gasteiger partial charge is 0.493 e. The third kappa shape index (κ3) is 4.38. The van der Waals surface area contributed by atoms with Crippen molar-refractivity contribution in [2.24, 2.45) is 0 Å². The van der Waals surface area contributed by atoms with Crippen LogP contribution in [0.5, 0.6) is 17.2 Å². The number of ether oxygens (including phenoxy) is 3.